The van der Waals surface area contributed by atoms with E-state index < -0.39 is 0 Å². The molecule has 0 spiro atoms. The van der Waals surface area contributed by atoms with Crippen LogP contribution in [0.1, 0.15) is 61.3 Å². The van der Waals surface area contributed by atoms with E-state index in [0.29, 0.717) is 40.4 Å². The van der Waals surface area contributed by atoms with Crippen molar-refractivity contribution in [2.75, 3.05) is 23.4 Å². The van der Waals surface area contributed by atoms with E-state index in [0.717, 1.165) is 29.2 Å². The maximum absolute atomic E-state index is 12.7. The maximum atomic E-state index is 12.7. The van der Waals surface area contributed by atoms with Crippen molar-refractivity contribution in [1.29, 1.82) is 0 Å². The Morgan fingerprint density at radius 3 is 2.70 bits per heavy atom. The fraction of sp³-hybridized carbons (Fsp3) is 0.600. The number of aromatic nitrogens is 2. The van der Waals surface area contributed by atoms with Gasteiger partial charge < -0.3 is 15.8 Å². The van der Waals surface area contributed by atoms with Gasteiger partial charge in [0.1, 0.15) is 5.00 Å². The van der Waals surface area contributed by atoms with Crippen LogP contribution in [0.4, 0.5) is 10.1 Å². The zero-order valence-corrected chi connectivity index (χ0v) is 20.2. The Bertz CT molecular complexity index is 917. The van der Waals surface area contributed by atoms with Gasteiger partial charge in [0.15, 0.2) is 4.34 Å². The van der Waals surface area contributed by atoms with Crippen molar-refractivity contribution < 1.29 is 14.3 Å². The molecule has 0 aliphatic heterocycles. The van der Waals surface area contributed by atoms with Crippen molar-refractivity contribution in [1.82, 2.24) is 10.2 Å². The van der Waals surface area contributed by atoms with E-state index in [9.17, 15) is 9.59 Å². The molecule has 164 valence electrons. The van der Waals surface area contributed by atoms with Gasteiger partial charge in [-0.2, -0.15) is 0 Å². The maximum Gasteiger partial charge on any atom is 0.341 e. The zero-order chi connectivity index (χ0) is 21.9. The monoisotopic (exact) mass is 468 g/mol. The van der Waals surface area contributed by atoms with E-state index in [1.54, 1.807) is 6.92 Å². The SMILES string of the molecule is CCOC(=O)c1c(NC(=O)CCSc2nnc(N)s2)sc2c1CCC(C(C)(C)C)C2. The summed E-state index contributed by atoms with van der Waals surface area (Å²) < 4.78 is 6.04. The van der Waals surface area contributed by atoms with Gasteiger partial charge in [-0.15, -0.1) is 21.5 Å². The standard InChI is InChI=1S/C20H28N4O3S3/c1-5-27-17(26)15-12-7-6-11(20(2,3)4)10-13(12)29-16(15)22-14(25)8-9-28-19-24-23-18(21)30-19/h11H,5-10H2,1-4H3,(H2,21,23)(H,22,25). The summed E-state index contributed by atoms with van der Waals surface area (Å²) in [5.74, 6) is 0.638. The number of esters is 1. The van der Waals surface area contributed by atoms with Gasteiger partial charge in [0.05, 0.1) is 12.2 Å². The normalized spacial score (nSPS) is 16.2. The number of fused-ring (bicyclic) bond motifs is 1. The Labute approximate surface area is 189 Å². The van der Waals surface area contributed by atoms with Crippen molar-refractivity contribution in [2.45, 2.75) is 57.7 Å². The van der Waals surface area contributed by atoms with E-state index in [1.807, 2.05) is 0 Å². The van der Waals surface area contributed by atoms with Crippen molar-refractivity contribution in [3.05, 3.63) is 16.0 Å². The van der Waals surface area contributed by atoms with Crippen molar-refractivity contribution in [3.8, 4) is 0 Å². The lowest BCUT2D eigenvalue weighted by atomic mass is 9.72. The lowest BCUT2D eigenvalue weighted by molar-refractivity contribution is -0.115. The number of anilines is 2. The molecule has 2 aromatic rings. The molecule has 3 N–H and O–H groups in total. The number of ether oxygens (including phenoxy) is 1. The molecule has 10 heteroatoms. The fourth-order valence-electron chi connectivity index (χ4n) is 3.53. The molecule has 1 aliphatic carbocycles. The Morgan fingerprint density at radius 2 is 2.07 bits per heavy atom. The van der Waals surface area contributed by atoms with Crippen LogP contribution in [0.25, 0.3) is 0 Å². The number of nitrogens with two attached hydrogens (primary N) is 1. The Balaban J connectivity index is 1.72. The number of thiophene rings is 1. The van der Waals surface area contributed by atoms with E-state index in [2.05, 4.69) is 36.3 Å². The first kappa shape index (κ1) is 23.0. The number of rotatable bonds is 7. The lowest BCUT2D eigenvalue weighted by Crippen LogP contribution is -2.26. The molecule has 30 heavy (non-hydrogen) atoms. The number of hydrogen-bond acceptors (Lipinski definition) is 9. The second-order valence-electron chi connectivity index (χ2n) is 8.29. The summed E-state index contributed by atoms with van der Waals surface area (Å²) in [5, 5.41) is 11.7. The highest BCUT2D eigenvalue weighted by molar-refractivity contribution is 8.01. The third-order valence-corrected chi connectivity index (χ3v) is 8.26. The van der Waals surface area contributed by atoms with Crippen LogP contribution >= 0.6 is 34.4 Å². The topological polar surface area (TPSA) is 107 Å². The summed E-state index contributed by atoms with van der Waals surface area (Å²) >= 11 is 4.27. The number of nitrogens with one attached hydrogen (secondary N) is 1. The molecule has 7 nitrogen and oxygen atoms in total. The molecule has 1 unspecified atom stereocenters. The van der Waals surface area contributed by atoms with Crippen LogP contribution in [0.3, 0.4) is 0 Å². The summed E-state index contributed by atoms with van der Waals surface area (Å²) in [5.41, 5.74) is 7.38. The third-order valence-electron chi connectivity index (χ3n) is 5.20. The molecule has 2 heterocycles. The Hall–Kier alpha value is -1.65. The zero-order valence-electron chi connectivity index (χ0n) is 17.7. The third kappa shape index (κ3) is 5.53. The van der Waals surface area contributed by atoms with Gasteiger partial charge in [0.25, 0.3) is 0 Å². The molecule has 2 aromatic heterocycles. The predicted molar refractivity (Wildman–Crippen MR) is 124 cm³/mol. The average molecular weight is 469 g/mol. The molecule has 1 amide bonds. The molecule has 0 saturated carbocycles. The first-order valence-electron chi connectivity index (χ1n) is 10.0. The molecule has 0 aromatic carbocycles. The number of amides is 1. The molecule has 0 bridgehead atoms. The first-order valence-corrected chi connectivity index (χ1v) is 12.6. The molecular formula is C20H28N4O3S3. The predicted octanol–water partition coefficient (Wildman–Crippen LogP) is 4.63. The minimum Gasteiger partial charge on any atom is -0.462 e. The minimum absolute atomic E-state index is 0.128. The van der Waals surface area contributed by atoms with E-state index in [4.69, 9.17) is 10.5 Å². The minimum atomic E-state index is -0.349. The summed E-state index contributed by atoms with van der Waals surface area (Å²) in [6, 6.07) is 0. The summed E-state index contributed by atoms with van der Waals surface area (Å²) in [6.07, 6.45) is 3.11. The van der Waals surface area contributed by atoms with Gasteiger partial charge >= 0.3 is 5.97 Å². The molecule has 0 fully saturated rings. The lowest BCUT2D eigenvalue weighted by Gasteiger charge is -2.33. The highest BCUT2D eigenvalue weighted by Gasteiger charge is 2.34. The van der Waals surface area contributed by atoms with Gasteiger partial charge in [-0.1, -0.05) is 43.9 Å². The quantitative estimate of drug-likeness (QED) is 0.450. The van der Waals surface area contributed by atoms with E-state index >= 15 is 0 Å². The van der Waals surface area contributed by atoms with Crippen LogP contribution in [-0.4, -0.2) is 34.4 Å². The van der Waals surface area contributed by atoms with Crippen LogP contribution in [-0.2, 0) is 22.4 Å². The number of hydrogen-bond donors (Lipinski definition) is 2. The molecule has 0 saturated heterocycles. The van der Waals surface area contributed by atoms with Gasteiger partial charge in [0.2, 0.25) is 11.0 Å². The van der Waals surface area contributed by atoms with Crippen LogP contribution in [0.2, 0.25) is 0 Å². The fourth-order valence-corrected chi connectivity index (χ4v) is 6.51. The van der Waals surface area contributed by atoms with Crippen LogP contribution in [0.5, 0.6) is 0 Å². The first-order chi connectivity index (χ1) is 14.2. The van der Waals surface area contributed by atoms with Gasteiger partial charge in [-0.25, -0.2) is 4.79 Å². The molecule has 1 aliphatic rings. The van der Waals surface area contributed by atoms with E-state index in [1.165, 1.54) is 39.3 Å². The number of thioether (sulfide) groups is 1. The van der Waals surface area contributed by atoms with E-state index in [-0.39, 0.29) is 17.3 Å². The second kappa shape index (κ2) is 9.65. The van der Waals surface area contributed by atoms with Crippen LogP contribution < -0.4 is 11.1 Å². The average Bonchev–Trinajstić information content (AvgIpc) is 3.23. The van der Waals surface area contributed by atoms with Gasteiger partial charge in [0, 0.05) is 17.1 Å². The highest BCUT2D eigenvalue weighted by atomic mass is 32.2. The van der Waals surface area contributed by atoms with Gasteiger partial charge in [-0.05, 0) is 43.1 Å². The van der Waals surface area contributed by atoms with Gasteiger partial charge in [-0.3, -0.25) is 4.79 Å². The largest absolute Gasteiger partial charge is 0.462 e. The summed E-state index contributed by atoms with van der Waals surface area (Å²) in [4.78, 5) is 26.4. The number of nitrogen functional groups attached to an aromatic ring is 1. The number of nitrogens with zero attached hydrogens (tertiary/aromatic N) is 2. The number of carbonyl (C=O) groups excluding carboxylic acids is 2. The van der Waals surface area contributed by atoms with Crippen molar-refractivity contribution in [3.63, 3.8) is 0 Å². The van der Waals surface area contributed by atoms with Crippen LogP contribution in [0, 0.1) is 11.3 Å². The molecule has 0 radical (unpaired) electrons. The second-order valence-corrected chi connectivity index (χ2v) is 11.7. The highest BCUT2D eigenvalue weighted by Crippen LogP contribution is 2.44. The van der Waals surface area contributed by atoms with Crippen LogP contribution in [0.15, 0.2) is 4.34 Å². The smallest absolute Gasteiger partial charge is 0.341 e. The van der Waals surface area contributed by atoms with Crippen molar-refractivity contribution >= 4 is 56.4 Å². The Morgan fingerprint density at radius 1 is 1.30 bits per heavy atom. The number of carbonyl (C=O) groups is 2. The molecule has 1 atom stereocenters. The Kier molecular flexibility index (Phi) is 7.41. The van der Waals surface area contributed by atoms with Crippen molar-refractivity contribution in [2.24, 2.45) is 11.3 Å². The molecule has 3 rings (SSSR count). The summed E-state index contributed by atoms with van der Waals surface area (Å²) in [6.45, 7) is 8.88. The molecular weight excluding hydrogens is 440 g/mol. The summed E-state index contributed by atoms with van der Waals surface area (Å²) in [7, 11) is 0.